The van der Waals surface area contributed by atoms with Gasteiger partial charge in [-0.05, 0) is 38.5 Å². The van der Waals surface area contributed by atoms with Crippen molar-refractivity contribution in [2.45, 2.75) is 52.4 Å². The number of ketones is 1. The number of rotatable bonds is 5. The number of aryl methyl sites for hydroxylation is 1. The summed E-state index contributed by atoms with van der Waals surface area (Å²) in [4.78, 5) is 39.4. The molecule has 1 saturated carbocycles. The van der Waals surface area contributed by atoms with Gasteiger partial charge in [0.2, 0.25) is 11.8 Å². The molecular formula is C23H32N2O3. The molecule has 0 bridgehead atoms. The van der Waals surface area contributed by atoms with Crippen LogP contribution in [0.3, 0.4) is 0 Å². The maximum atomic E-state index is 13.2. The first-order valence-corrected chi connectivity index (χ1v) is 10.6. The molecule has 1 aliphatic carbocycles. The number of carbonyl (C=O) groups is 3. The summed E-state index contributed by atoms with van der Waals surface area (Å²) in [5.74, 6) is 0.333. The highest BCUT2D eigenvalue weighted by molar-refractivity contribution is 6.00. The second-order valence-electron chi connectivity index (χ2n) is 8.43. The van der Waals surface area contributed by atoms with Crippen LogP contribution in [0.2, 0.25) is 0 Å². The average molecular weight is 385 g/mol. The van der Waals surface area contributed by atoms with Gasteiger partial charge < -0.3 is 10.2 Å². The van der Waals surface area contributed by atoms with Crippen molar-refractivity contribution in [3.8, 4) is 0 Å². The molecule has 2 amide bonds. The van der Waals surface area contributed by atoms with E-state index in [0.717, 1.165) is 62.7 Å². The van der Waals surface area contributed by atoms with E-state index in [0.29, 0.717) is 12.5 Å². The topological polar surface area (TPSA) is 66.5 Å². The number of likely N-dealkylation sites (tertiary alicyclic amines) is 1. The Bertz CT molecular complexity index is 705. The Balaban J connectivity index is 1.62. The van der Waals surface area contributed by atoms with Crippen molar-refractivity contribution < 1.29 is 14.4 Å². The predicted molar refractivity (Wildman–Crippen MR) is 109 cm³/mol. The molecule has 2 atom stereocenters. The number of Topliss-reactive ketones (excluding diaryl/α,β-unsaturated/α-hetero) is 1. The SMILES string of the molecule is CC(=O)NCC1CCN(C(=O)[C@@H]2CCCC[C@@H]2C(=O)c2ccc(C)cc2)CC1. The smallest absolute Gasteiger partial charge is 0.226 e. The van der Waals surface area contributed by atoms with Gasteiger partial charge in [0.05, 0.1) is 0 Å². The molecule has 5 heteroatoms. The fourth-order valence-electron chi connectivity index (χ4n) is 4.55. The largest absolute Gasteiger partial charge is 0.356 e. The summed E-state index contributed by atoms with van der Waals surface area (Å²) in [5, 5.41) is 2.88. The third-order valence-electron chi connectivity index (χ3n) is 6.32. The molecule has 152 valence electrons. The number of nitrogens with zero attached hydrogens (tertiary/aromatic N) is 1. The first-order valence-electron chi connectivity index (χ1n) is 10.6. The van der Waals surface area contributed by atoms with E-state index >= 15 is 0 Å². The maximum Gasteiger partial charge on any atom is 0.226 e. The standard InChI is InChI=1S/C23H32N2O3/c1-16-7-9-19(10-8-16)22(27)20-5-3-4-6-21(20)23(28)25-13-11-18(12-14-25)15-24-17(2)26/h7-10,18,20-21H,3-6,11-15H2,1-2H3,(H,24,26)/t20-,21+/m0/s1. The normalized spacial score (nSPS) is 23.3. The van der Waals surface area contributed by atoms with E-state index in [1.54, 1.807) is 0 Å². The zero-order valence-electron chi connectivity index (χ0n) is 17.1. The van der Waals surface area contributed by atoms with E-state index in [-0.39, 0.29) is 29.4 Å². The Labute approximate surface area is 167 Å². The van der Waals surface area contributed by atoms with E-state index in [1.807, 2.05) is 36.1 Å². The van der Waals surface area contributed by atoms with Crippen LogP contribution in [-0.2, 0) is 9.59 Å². The minimum atomic E-state index is -0.193. The lowest BCUT2D eigenvalue weighted by Crippen LogP contribution is -2.47. The molecule has 0 radical (unpaired) electrons. The van der Waals surface area contributed by atoms with Gasteiger partial charge in [-0.3, -0.25) is 14.4 Å². The van der Waals surface area contributed by atoms with Gasteiger partial charge in [0.1, 0.15) is 0 Å². The first-order chi connectivity index (χ1) is 13.5. The average Bonchev–Trinajstić information content (AvgIpc) is 2.72. The number of piperidine rings is 1. The number of amides is 2. The first kappa shape index (κ1) is 20.6. The summed E-state index contributed by atoms with van der Waals surface area (Å²) in [7, 11) is 0. The van der Waals surface area contributed by atoms with Crippen LogP contribution in [-0.4, -0.2) is 42.1 Å². The lowest BCUT2D eigenvalue weighted by Gasteiger charge is -2.37. The summed E-state index contributed by atoms with van der Waals surface area (Å²) in [5.41, 5.74) is 1.86. The molecule has 1 N–H and O–H groups in total. The van der Waals surface area contributed by atoms with Gasteiger partial charge in [0, 0.05) is 44.0 Å². The van der Waals surface area contributed by atoms with Crippen LogP contribution in [0.4, 0.5) is 0 Å². The molecule has 1 aromatic rings. The maximum absolute atomic E-state index is 13.2. The number of nitrogens with one attached hydrogen (secondary N) is 1. The van der Waals surface area contributed by atoms with E-state index in [9.17, 15) is 14.4 Å². The van der Waals surface area contributed by atoms with Crippen molar-refractivity contribution in [2.75, 3.05) is 19.6 Å². The highest BCUT2D eigenvalue weighted by atomic mass is 16.2. The van der Waals surface area contributed by atoms with Crippen LogP contribution in [0.15, 0.2) is 24.3 Å². The van der Waals surface area contributed by atoms with E-state index < -0.39 is 0 Å². The van der Waals surface area contributed by atoms with Gasteiger partial charge in [-0.25, -0.2) is 0 Å². The molecule has 0 unspecified atom stereocenters. The van der Waals surface area contributed by atoms with Crippen LogP contribution in [0.5, 0.6) is 0 Å². The Kier molecular flexibility index (Phi) is 6.87. The zero-order chi connectivity index (χ0) is 20.1. The van der Waals surface area contributed by atoms with E-state index in [4.69, 9.17) is 0 Å². The predicted octanol–water partition coefficient (Wildman–Crippen LogP) is 3.36. The van der Waals surface area contributed by atoms with Crippen molar-refractivity contribution in [1.29, 1.82) is 0 Å². The van der Waals surface area contributed by atoms with Gasteiger partial charge >= 0.3 is 0 Å². The minimum absolute atomic E-state index is 0.00169. The molecule has 2 aliphatic rings. The quantitative estimate of drug-likeness (QED) is 0.792. The summed E-state index contributed by atoms with van der Waals surface area (Å²) in [6, 6.07) is 7.71. The third kappa shape index (κ3) is 5.00. The van der Waals surface area contributed by atoms with Crippen molar-refractivity contribution in [2.24, 2.45) is 17.8 Å². The Morgan fingerprint density at radius 1 is 0.964 bits per heavy atom. The molecule has 5 nitrogen and oxygen atoms in total. The van der Waals surface area contributed by atoms with Crippen molar-refractivity contribution in [3.05, 3.63) is 35.4 Å². The molecule has 1 aliphatic heterocycles. The molecule has 1 heterocycles. The number of hydrogen-bond donors (Lipinski definition) is 1. The lowest BCUT2D eigenvalue weighted by atomic mass is 9.74. The van der Waals surface area contributed by atoms with Gasteiger partial charge in [-0.1, -0.05) is 42.7 Å². The second-order valence-corrected chi connectivity index (χ2v) is 8.43. The molecule has 2 fully saturated rings. The molecule has 0 spiro atoms. The Hall–Kier alpha value is -2.17. The lowest BCUT2D eigenvalue weighted by molar-refractivity contribution is -0.139. The molecule has 1 saturated heterocycles. The number of carbonyl (C=O) groups excluding carboxylic acids is 3. The van der Waals surface area contributed by atoms with Crippen molar-refractivity contribution >= 4 is 17.6 Å². The highest BCUT2D eigenvalue weighted by Crippen LogP contribution is 2.35. The molecule has 0 aromatic heterocycles. The third-order valence-corrected chi connectivity index (χ3v) is 6.32. The Morgan fingerprint density at radius 3 is 2.18 bits per heavy atom. The highest BCUT2D eigenvalue weighted by Gasteiger charge is 2.38. The molecule has 28 heavy (non-hydrogen) atoms. The summed E-state index contributed by atoms with van der Waals surface area (Å²) in [6.07, 6.45) is 5.48. The summed E-state index contributed by atoms with van der Waals surface area (Å²) < 4.78 is 0. The molecular weight excluding hydrogens is 352 g/mol. The van der Waals surface area contributed by atoms with Crippen LogP contribution < -0.4 is 5.32 Å². The van der Waals surface area contributed by atoms with E-state index in [1.165, 1.54) is 6.92 Å². The fourth-order valence-corrected chi connectivity index (χ4v) is 4.55. The zero-order valence-corrected chi connectivity index (χ0v) is 17.1. The van der Waals surface area contributed by atoms with Gasteiger partial charge in [0.15, 0.2) is 5.78 Å². The van der Waals surface area contributed by atoms with Crippen LogP contribution in [0.25, 0.3) is 0 Å². The van der Waals surface area contributed by atoms with Gasteiger partial charge in [0.25, 0.3) is 0 Å². The monoisotopic (exact) mass is 384 g/mol. The van der Waals surface area contributed by atoms with Crippen LogP contribution in [0.1, 0.15) is 61.4 Å². The Morgan fingerprint density at radius 2 is 1.57 bits per heavy atom. The van der Waals surface area contributed by atoms with Gasteiger partial charge in [-0.2, -0.15) is 0 Å². The van der Waals surface area contributed by atoms with Crippen molar-refractivity contribution in [3.63, 3.8) is 0 Å². The summed E-state index contributed by atoms with van der Waals surface area (Å²) in [6.45, 7) is 5.69. The minimum Gasteiger partial charge on any atom is -0.356 e. The number of hydrogen-bond acceptors (Lipinski definition) is 3. The summed E-state index contributed by atoms with van der Waals surface area (Å²) >= 11 is 0. The molecule has 3 rings (SSSR count). The van der Waals surface area contributed by atoms with Crippen LogP contribution >= 0.6 is 0 Å². The second kappa shape index (κ2) is 9.35. The fraction of sp³-hybridized carbons (Fsp3) is 0.609. The van der Waals surface area contributed by atoms with Gasteiger partial charge in [-0.15, -0.1) is 0 Å². The van der Waals surface area contributed by atoms with E-state index in [2.05, 4.69) is 5.32 Å². The number of benzene rings is 1. The van der Waals surface area contributed by atoms with Crippen LogP contribution in [0, 0.1) is 24.7 Å². The molecule has 1 aromatic carbocycles. The van der Waals surface area contributed by atoms with Crippen molar-refractivity contribution in [1.82, 2.24) is 10.2 Å².